The highest BCUT2D eigenvalue weighted by atomic mass is 79.9. The van der Waals surface area contributed by atoms with E-state index in [-0.39, 0.29) is 0 Å². The lowest BCUT2D eigenvalue weighted by Gasteiger charge is -2.10. The van der Waals surface area contributed by atoms with Gasteiger partial charge in [-0.3, -0.25) is 4.79 Å². The lowest BCUT2D eigenvalue weighted by Crippen LogP contribution is -2.38. The van der Waals surface area contributed by atoms with Crippen LogP contribution in [0.4, 0.5) is 4.39 Å². The average Bonchev–Trinajstić information content (AvgIpc) is 2.15. The summed E-state index contributed by atoms with van der Waals surface area (Å²) in [6.07, 6.45) is 0. The first-order valence-corrected chi connectivity index (χ1v) is 6.72. The Morgan fingerprint density at radius 3 is 2.59 bits per heavy atom. The molecule has 0 saturated heterocycles. The molecule has 0 aliphatic carbocycles. The smallest absolute Gasteiger partial charge is 0.321 e. The van der Waals surface area contributed by atoms with Crippen molar-refractivity contribution in [2.75, 3.05) is 0 Å². The maximum Gasteiger partial charge on any atom is 0.321 e. The monoisotopic (exact) mass is 325 g/mol. The summed E-state index contributed by atoms with van der Waals surface area (Å²) in [5, 5.41) is 8.58. The fourth-order valence-electron chi connectivity index (χ4n) is 1.04. The van der Waals surface area contributed by atoms with E-state index in [2.05, 4.69) is 15.9 Å². The molecule has 0 saturated carbocycles. The summed E-state index contributed by atoms with van der Waals surface area (Å²) in [5.74, 6) is -2.30. The van der Waals surface area contributed by atoms with Crippen molar-refractivity contribution in [3.8, 4) is 0 Å². The number of nitrogens with one attached hydrogen (secondary N) is 1. The van der Waals surface area contributed by atoms with E-state index in [1.807, 2.05) is 4.72 Å². The van der Waals surface area contributed by atoms with Crippen molar-refractivity contribution in [3.63, 3.8) is 0 Å². The summed E-state index contributed by atoms with van der Waals surface area (Å²) in [4.78, 5) is 9.93. The quantitative estimate of drug-likeness (QED) is 0.875. The van der Waals surface area contributed by atoms with Gasteiger partial charge in [0, 0.05) is 4.47 Å². The van der Waals surface area contributed by atoms with Crippen LogP contribution in [0.2, 0.25) is 0 Å². The van der Waals surface area contributed by atoms with E-state index >= 15 is 0 Å². The number of hydrogen-bond acceptors (Lipinski definition) is 3. The van der Waals surface area contributed by atoms with E-state index in [4.69, 9.17) is 5.11 Å². The average molecular weight is 326 g/mol. The maximum absolute atomic E-state index is 13.4. The number of carbonyl (C=O) groups is 1. The Bertz CT molecular complexity index is 546. The minimum Gasteiger partial charge on any atom is -0.480 e. The number of halogens is 2. The molecule has 0 aliphatic heterocycles. The summed E-state index contributed by atoms with van der Waals surface area (Å²) >= 11 is 2.99. The van der Waals surface area contributed by atoms with E-state index in [0.29, 0.717) is 4.47 Å². The van der Waals surface area contributed by atoms with Crippen LogP contribution >= 0.6 is 15.9 Å². The molecule has 5 nitrogen and oxygen atoms in total. The Morgan fingerprint density at radius 2 is 2.12 bits per heavy atom. The molecule has 17 heavy (non-hydrogen) atoms. The van der Waals surface area contributed by atoms with Crippen LogP contribution < -0.4 is 4.72 Å². The second-order valence-electron chi connectivity index (χ2n) is 3.26. The second kappa shape index (κ2) is 5.11. The predicted octanol–water partition coefficient (Wildman–Crippen LogP) is 1.34. The highest BCUT2D eigenvalue weighted by Crippen LogP contribution is 2.19. The third kappa shape index (κ3) is 3.48. The molecule has 1 aromatic carbocycles. The van der Waals surface area contributed by atoms with Crippen LogP contribution in [0.25, 0.3) is 0 Å². The molecule has 0 aromatic heterocycles. The summed E-state index contributed by atoms with van der Waals surface area (Å²) < 4.78 is 38.9. The van der Waals surface area contributed by atoms with Gasteiger partial charge >= 0.3 is 5.97 Å². The summed E-state index contributed by atoms with van der Waals surface area (Å²) in [7, 11) is -4.18. The van der Waals surface area contributed by atoms with E-state index in [1.165, 1.54) is 6.07 Å². The molecular weight excluding hydrogens is 317 g/mol. The van der Waals surface area contributed by atoms with E-state index in [0.717, 1.165) is 19.1 Å². The van der Waals surface area contributed by atoms with E-state index in [9.17, 15) is 17.6 Å². The number of aliphatic carboxylic acids is 1. The Kier molecular flexibility index (Phi) is 4.23. The van der Waals surface area contributed by atoms with Gasteiger partial charge in [0.05, 0.1) is 0 Å². The van der Waals surface area contributed by atoms with Crippen molar-refractivity contribution in [2.24, 2.45) is 0 Å². The third-order valence-corrected chi connectivity index (χ3v) is 3.95. The van der Waals surface area contributed by atoms with Crippen LogP contribution in [0.1, 0.15) is 6.92 Å². The van der Waals surface area contributed by atoms with Gasteiger partial charge in [-0.05, 0) is 25.1 Å². The zero-order valence-corrected chi connectivity index (χ0v) is 11.0. The van der Waals surface area contributed by atoms with Crippen LogP contribution in [0.15, 0.2) is 27.6 Å². The molecule has 0 aliphatic rings. The Hall–Kier alpha value is -0.990. The molecule has 0 amide bonds. The molecule has 0 radical (unpaired) electrons. The van der Waals surface area contributed by atoms with Crippen LogP contribution in [0, 0.1) is 5.82 Å². The minimum absolute atomic E-state index is 0.389. The maximum atomic E-state index is 13.4. The molecule has 1 atom stereocenters. The molecule has 2 N–H and O–H groups in total. The van der Waals surface area contributed by atoms with Gasteiger partial charge in [-0.2, -0.15) is 4.72 Å². The highest BCUT2D eigenvalue weighted by molar-refractivity contribution is 9.10. The molecule has 0 fully saturated rings. The fourth-order valence-corrected chi connectivity index (χ4v) is 2.63. The van der Waals surface area contributed by atoms with Crippen molar-refractivity contribution < 1.29 is 22.7 Å². The number of benzene rings is 1. The summed E-state index contributed by atoms with van der Waals surface area (Å²) in [5.41, 5.74) is 0. The number of carboxylic acid groups (broad SMARTS) is 1. The van der Waals surface area contributed by atoms with Gasteiger partial charge < -0.3 is 5.11 Å². The van der Waals surface area contributed by atoms with Gasteiger partial charge in [-0.15, -0.1) is 0 Å². The topological polar surface area (TPSA) is 83.5 Å². The van der Waals surface area contributed by atoms with E-state index in [1.54, 1.807) is 0 Å². The Labute approximate surface area is 106 Å². The van der Waals surface area contributed by atoms with Crippen molar-refractivity contribution in [3.05, 3.63) is 28.5 Å². The molecule has 1 rings (SSSR count). The zero-order chi connectivity index (χ0) is 13.2. The van der Waals surface area contributed by atoms with Crippen LogP contribution in [0.5, 0.6) is 0 Å². The Balaban J connectivity index is 3.10. The van der Waals surface area contributed by atoms with Gasteiger partial charge in [0.15, 0.2) is 0 Å². The van der Waals surface area contributed by atoms with Crippen molar-refractivity contribution in [2.45, 2.75) is 17.9 Å². The minimum atomic E-state index is -4.18. The summed E-state index contributed by atoms with van der Waals surface area (Å²) in [6, 6.07) is 2.06. The van der Waals surface area contributed by atoms with Crippen LogP contribution in [0.3, 0.4) is 0 Å². The molecule has 0 unspecified atom stereocenters. The summed E-state index contributed by atoms with van der Waals surface area (Å²) in [6.45, 7) is 1.15. The number of sulfonamides is 1. The Morgan fingerprint density at radius 1 is 1.53 bits per heavy atom. The molecule has 0 bridgehead atoms. The zero-order valence-electron chi connectivity index (χ0n) is 8.65. The van der Waals surface area contributed by atoms with Crippen LogP contribution in [-0.4, -0.2) is 25.5 Å². The number of rotatable bonds is 4. The largest absolute Gasteiger partial charge is 0.480 e. The van der Waals surface area contributed by atoms with Crippen LogP contribution in [-0.2, 0) is 14.8 Å². The molecule has 94 valence electrons. The molecule has 1 aromatic rings. The standard InChI is InChI=1S/C9H9BrFNO4S/c1-5(9(13)14)12-17(15,16)8-3-2-6(10)4-7(8)11/h2-5,12H,1H3,(H,13,14)/t5-/m1/s1. The molecular formula is C9H9BrFNO4S. The number of hydrogen-bond donors (Lipinski definition) is 2. The number of carboxylic acids is 1. The second-order valence-corrected chi connectivity index (χ2v) is 5.85. The first-order valence-electron chi connectivity index (χ1n) is 4.44. The predicted molar refractivity (Wildman–Crippen MR) is 61.5 cm³/mol. The van der Waals surface area contributed by atoms with Crippen molar-refractivity contribution in [1.82, 2.24) is 4.72 Å². The van der Waals surface area contributed by atoms with Gasteiger partial charge in [0.1, 0.15) is 16.8 Å². The van der Waals surface area contributed by atoms with E-state index < -0.39 is 32.7 Å². The molecule has 0 spiro atoms. The first kappa shape index (κ1) is 14.1. The van der Waals surface area contributed by atoms with Gasteiger partial charge in [-0.1, -0.05) is 15.9 Å². The van der Waals surface area contributed by atoms with Gasteiger partial charge in [0.2, 0.25) is 10.0 Å². The fraction of sp³-hybridized carbons (Fsp3) is 0.222. The highest BCUT2D eigenvalue weighted by Gasteiger charge is 2.24. The molecule has 0 heterocycles. The first-order chi connectivity index (χ1) is 7.74. The van der Waals surface area contributed by atoms with Gasteiger partial charge in [-0.25, -0.2) is 12.8 Å². The van der Waals surface area contributed by atoms with Crippen molar-refractivity contribution >= 4 is 31.9 Å². The SMILES string of the molecule is C[C@@H](NS(=O)(=O)c1ccc(Br)cc1F)C(=O)O. The molecule has 8 heteroatoms. The van der Waals surface area contributed by atoms with Gasteiger partial charge in [0.25, 0.3) is 0 Å². The normalized spacial score (nSPS) is 13.4. The lowest BCUT2D eigenvalue weighted by molar-refractivity contribution is -0.138. The van der Waals surface area contributed by atoms with Crippen molar-refractivity contribution in [1.29, 1.82) is 0 Å². The lowest BCUT2D eigenvalue weighted by atomic mass is 10.3. The third-order valence-electron chi connectivity index (χ3n) is 1.89.